The number of anilines is 2. The second kappa shape index (κ2) is 8.38. The Bertz CT molecular complexity index is 1080. The van der Waals surface area contributed by atoms with Crippen molar-refractivity contribution in [1.82, 2.24) is 0 Å². The molecular weight excluding hydrogens is 412 g/mol. The van der Waals surface area contributed by atoms with E-state index in [-0.39, 0.29) is 34.0 Å². The molecule has 7 nitrogen and oxygen atoms in total. The second-order valence-electron chi connectivity index (χ2n) is 6.66. The number of carbonyl (C=O) groups excluding carboxylic acids is 3. The number of rotatable bonds is 6. The first-order valence-corrected chi connectivity index (χ1v) is 11.4. The lowest BCUT2D eigenvalue weighted by atomic mass is 10.1. The second-order valence-corrected chi connectivity index (χ2v) is 10.1. The molecule has 1 heterocycles. The van der Waals surface area contributed by atoms with Gasteiger partial charge in [0, 0.05) is 22.6 Å². The van der Waals surface area contributed by atoms with Crippen LogP contribution in [-0.4, -0.2) is 37.0 Å². The van der Waals surface area contributed by atoms with Gasteiger partial charge < -0.3 is 10.6 Å². The minimum Gasteiger partial charge on any atom is -0.326 e. The van der Waals surface area contributed by atoms with Crippen molar-refractivity contribution in [3.63, 3.8) is 0 Å². The van der Waals surface area contributed by atoms with E-state index in [1.807, 2.05) is 0 Å². The summed E-state index contributed by atoms with van der Waals surface area (Å²) in [6, 6.07) is 11.0. The number of hydrogen-bond acceptors (Lipinski definition) is 6. The Morgan fingerprint density at radius 2 is 1.83 bits per heavy atom. The zero-order chi connectivity index (χ0) is 21.2. The molecule has 0 aromatic heterocycles. The maximum atomic E-state index is 12.6. The molecule has 2 N–H and O–H groups in total. The summed E-state index contributed by atoms with van der Waals surface area (Å²) in [5, 5.41) is 5.08. The van der Waals surface area contributed by atoms with E-state index in [0.29, 0.717) is 16.9 Å². The topological polar surface area (TPSA) is 109 Å². The van der Waals surface area contributed by atoms with Gasteiger partial charge in [-0.2, -0.15) is 0 Å². The summed E-state index contributed by atoms with van der Waals surface area (Å²) in [7, 11) is -3.70. The normalized spacial score (nSPS) is 15.9. The van der Waals surface area contributed by atoms with Gasteiger partial charge >= 0.3 is 0 Å². The number of hydrogen-bond donors (Lipinski definition) is 2. The Hall–Kier alpha value is -2.65. The minimum atomic E-state index is -3.70. The fourth-order valence-corrected chi connectivity index (χ4v) is 4.93. The van der Waals surface area contributed by atoms with Crippen LogP contribution in [0.2, 0.25) is 0 Å². The summed E-state index contributed by atoms with van der Waals surface area (Å²) in [6.45, 7) is 3.23. The standard InChI is InChI=1S/C20H20N2O5S2/c1-12(23)14-3-5-15(6-4-14)21-19(24)9-10-29(26,27)16-7-8-18-17(11-16)22-20(25)13(2)28-18/h3-8,11,13H,9-10H2,1-2H3,(H,21,24)(H,22,25). The molecule has 2 aromatic carbocycles. The number of Topliss-reactive ketones (excluding diaryl/α,β-unsaturated/α-hetero) is 1. The van der Waals surface area contributed by atoms with Crippen LogP contribution in [0.15, 0.2) is 52.3 Å². The number of amides is 2. The average molecular weight is 433 g/mol. The monoisotopic (exact) mass is 432 g/mol. The SMILES string of the molecule is CC(=O)c1ccc(NC(=O)CCS(=O)(=O)c2ccc3c(c2)NC(=O)C(C)S3)cc1. The summed E-state index contributed by atoms with van der Waals surface area (Å²) < 4.78 is 25.2. The lowest BCUT2D eigenvalue weighted by molar-refractivity contribution is -0.116. The van der Waals surface area contributed by atoms with E-state index in [1.165, 1.54) is 30.8 Å². The van der Waals surface area contributed by atoms with Crippen LogP contribution in [0.5, 0.6) is 0 Å². The molecule has 1 unspecified atom stereocenters. The average Bonchev–Trinajstić information content (AvgIpc) is 2.67. The van der Waals surface area contributed by atoms with Gasteiger partial charge in [-0.1, -0.05) is 0 Å². The smallest absolute Gasteiger partial charge is 0.237 e. The van der Waals surface area contributed by atoms with Gasteiger partial charge in [-0.05, 0) is 56.3 Å². The van der Waals surface area contributed by atoms with Crippen LogP contribution in [0, 0.1) is 0 Å². The number of ketones is 1. The van der Waals surface area contributed by atoms with E-state index in [2.05, 4.69) is 10.6 Å². The third-order valence-corrected chi connectivity index (χ3v) is 7.31. The van der Waals surface area contributed by atoms with Crippen LogP contribution in [0.1, 0.15) is 30.6 Å². The number of nitrogens with one attached hydrogen (secondary N) is 2. The van der Waals surface area contributed by atoms with Crippen LogP contribution < -0.4 is 10.6 Å². The van der Waals surface area contributed by atoms with Gasteiger partial charge in [0.1, 0.15) is 0 Å². The van der Waals surface area contributed by atoms with Crippen LogP contribution in [0.3, 0.4) is 0 Å². The Labute approximate surface area is 173 Å². The van der Waals surface area contributed by atoms with Crippen molar-refractivity contribution in [3.8, 4) is 0 Å². The van der Waals surface area contributed by atoms with Crippen molar-refractivity contribution in [1.29, 1.82) is 0 Å². The zero-order valence-electron chi connectivity index (χ0n) is 15.9. The number of carbonyl (C=O) groups is 3. The Balaban J connectivity index is 1.64. The molecule has 3 rings (SSSR count). The molecule has 1 aliphatic heterocycles. The molecular formula is C20H20N2O5S2. The predicted octanol–water partition coefficient (Wildman–Crippen LogP) is 3.12. The molecule has 29 heavy (non-hydrogen) atoms. The van der Waals surface area contributed by atoms with Gasteiger partial charge in [0.15, 0.2) is 15.6 Å². The van der Waals surface area contributed by atoms with E-state index < -0.39 is 15.7 Å². The molecule has 0 saturated carbocycles. The molecule has 0 saturated heterocycles. The van der Waals surface area contributed by atoms with Crippen LogP contribution >= 0.6 is 11.8 Å². The van der Waals surface area contributed by atoms with Crippen molar-refractivity contribution in [2.75, 3.05) is 16.4 Å². The summed E-state index contributed by atoms with van der Waals surface area (Å²) in [5.41, 5.74) is 1.48. The highest BCUT2D eigenvalue weighted by Gasteiger charge is 2.25. The maximum Gasteiger partial charge on any atom is 0.237 e. The molecule has 0 bridgehead atoms. The maximum absolute atomic E-state index is 12.6. The van der Waals surface area contributed by atoms with Crippen LogP contribution in [0.25, 0.3) is 0 Å². The first-order chi connectivity index (χ1) is 13.7. The Kier molecular flexibility index (Phi) is 6.09. The lowest BCUT2D eigenvalue weighted by Crippen LogP contribution is -2.26. The summed E-state index contributed by atoms with van der Waals surface area (Å²) in [5.74, 6) is -1.06. The van der Waals surface area contributed by atoms with Crippen molar-refractivity contribution in [2.45, 2.75) is 35.3 Å². The molecule has 152 valence electrons. The molecule has 2 amide bonds. The van der Waals surface area contributed by atoms with E-state index >= 15 is 0 Å². The van der Waals surface area contributed by atoms with Crippen molar-refractivity contribution < 1.29 is 22.8 Å². The van der Waals surface area contributed by atoms with Gasteiger partial charge in [-0.3, -0.25) is 14.4 Å². The van der Waals surface area contributed by atoms with Gasteiger partial charge in [0.25, 0.3) is 0 Å². The zero-order valence-corrected chi connectivity index (χ0v) is 17.5. The van der Waals surface area contributed by atoms with Crippen molar-refractivity contribution >= 4 is 50.6 Å². The third kappa shape index (κ3) is 5.04. The van der Waals surface area contributed by atoms with Crippen molar-refractivity contribution in [3.05, 3.63) is 48.0 Å². The van der Waals surface area contributed by atoms with E-state index in [4.69, 9.17) is 0 Å². The highest BCUT2D eigenvalue weighted by Crippen LogP contribution is 2.36. The van der Waals surface area contributed by atoms with Gasteiger partial charge in [-0.25, -0.2) is 8.42 Å². The molecule has 1 aliphatic rings. The van der Waals surface area contributed by atoms with E-state index in [1.54, 1.807) is 37.3 Å². The molecule has 0 radical (unpaired) electrons. The first-order valence-electron chi connectivity index (χ1n) is 8.91. The van der Waals surface area contributed by atoms with E-state index in [9.17, 15) is 22.8 Å². The highest BCUT2D eigenvalue weighted by molar-refractivity contribution is 8.01. The summed E-state index contributed by atoms with van der Waals surface area (Å²) in [4.78, 5) is 36.1. The summed E-state index contributed by atoms with van der Waals surface area (Å²) >= 11 is 1.37. The molecule has 0 fully saturated rings. The minimum absolute atomic E-state index is 0.0605. The molecule has 9 heteroatoms. The summed E-state index contributed by atoms with van der Waals surface area (Å²) in [6.07, 6.45) is -0.216. The van der Waals surface area contributed by atoms with Gasteiger partial charge in [-0.15, -0.1) is 11.8 Å². The molecule has 0 aliphatic carbocycles. The lowest BCUT2D eigenvalue weighted by Gasteiger charge is -2.21. The molecule has 1 atom stereocenters. The third-order valence-electron chi connectivity index (χ3n) is 4.41. The molecule has 2 aromatic rings. The number of fused-ring (bicyclic) bond motifs is 1. The highest BCUT2D eigenvalue weighted by atomic mass is 32.2. The van der Waals surface area contributed by atoms with Crippen LogP contribution in [-0.2, 0) is 19.4 Å². The van der Waals surface area contributed by atoms with Crippen LogP contribution in [0.4, 0.5) is 11.4 Å². The molecule has 0 spiro atoms. The number of sulfone groups is 1. The fourth-order valence-electron chi connectivity index (χ4n) is 2.74. The van der Waals surface area contributed by atoms with Gasteiger partial charge in [0.2, 0.25) is 11.8 Å². The first kappa shape index (κ1) is 21.1. The Morgan fingerprint density at radius 1 is 1.14 bits per heavy atom. The number of thioether (sulfide) groups is 1. The Morgan fingerprint density at radius 3 is 2.48 bits per heavy atom. The van der Waals surface area contributed by atoms with E-state index in [0.717, 1.165) is 4.90 Å². The van der Waals surface area contributed by atoms with Gasteiger partial charge in [0.05, 0.1) is 21.6 Å². The number of benzene rings is 2. The largest absolute Gasteiger partial charge is 0.326 e. The quantitative estimate of drug-likeness (QED) is 0.679. The fraction of sp³-hybridized carbons (Fsp3) is 0.250. The predicted molar refractivity (Wildman–Crippen MR) is 112 cm³/mol. The van der Waals surface area contributed by atoms with Crippen molar-refractivity contribution in [2.24, 2.45) is 0 Å².